The first kappa shape index (κ1) is 11.4. The molecule has 3 nitrogen and oxygen atoms in total. The van der Waals surface area contributed by atoms with E-state index in [1.807, 2.05) is 6.08 Å². The van der Waals surface area contributed by atoms with Crippen molar-refractivity contribution in [3.63, 3.8) is 0 Å². The van der Waals surface area contributed by atoms with Gasteiger partial charge in [0, 0.05) is 6.61 Å². The summed E-state index contributed by atoms with van der Waals surface area (Å²) in [7, 11) is 0. The van der Waals surface area contributed by atoms with Crippen LogP contribution in [0.25, 0.3) is 0 Å². The molecular weight excluding hydrogens is 180 g/mol. The first-order valence-corrected chi connectivity index (χ1v) is 5.27. The molecule has 0 aromatic heterocycles. The molecule has 3 heteroatoms. The molecule has 14 heavy (non-hydrogen) atoms. The zero-order valence-corrected chi connectivity index (χ0v) is 8.48. The Hall–Kier alpha value is -0.670. The van der Waals surface area contributed by atoms with Crippen molar-refractivity contribution in [3.8, 4) is 0 Å². The van der Waals surface area contributed by atoms with Crippen LogP contribution in [0.4, 0.5) is 0 Å². The van der Waals surface area contributed by atoms with Crippen molar-refractivity contribution in [2.24, 2.45) is 0 Å². The molecule has 0 saturated carbocycles. The number of ether oxygens (including phenoxy) is 2. The van der Waals surface area contributed by atoms with Crippen LogP contribution >= 0.6 is 0 Å². The standard InChI is InChI=1S/C11H18O3/c12-8-4-1-2-5-9-13-11-7-3-6-10-14-11/h1,4,8,11H,2-3,5-7,9-10H2. The van der Waals surface area contributed by atoms with Crippen molar-refractivity contribution in [2.75, 3.05) is 13.2 Å². The summed E-state index contributed by atoms with van der Waals surface area (Å²) in [5, 5.41) is 0. The van der Waals surface area contributed by atoms with E-state index in [9.17, 15) is 4.79 Å². The van der Waals surface area contributed by atoms with Gasteiger partial charge >= 0.3 is 0 Å². The quantitative estimate of drug-likeness (QED) is 0.372. The van der Waals surface area contributed by atoms with Crippen LogP contribution in [0.1, 0.15) is 32.1 Å². The summed E-state index contributed by atoms with van der Waals surface area (Å²) in [4.78, 5) is 9.95. The number of allylic oxidation sites excluding steroid dienone is 2. The third-order valence-corrected chi connectivity index (χ3v) is 2.17. The summed E-state index contributed by atoms with van der Waals surface area (Å²) in [6.45, 7) is 1.55. The van der Waals surface area contributed by atoms with E-state index in [1.54, 1.807) is 0 Å². The summed E-state index contributed by atoms with van der Waals surface area (Å²) in [6, 6.07) is 0. The lowest BCUT2D eigenvalue weighted by atomic mass is 10.2. The van der Waals surface area contributed by atoms with Gasteiger partial charge in [-0.05, 0) is 38.2 Å². The number of hydrogen-bond donors (Lipinski definition) is 0. The molecule has 1 saturated heterocycles. The maximum absolute atomic E-state index is 9.95. The van der Waals surface area contributed by atoms with Crippen molar-refractivity contribution in [2.45, 2.75) is 38.4 Å². The highest BCUT2D eigenvalue weighted by atomic mass is 16.7. The Balaban J connectivity index is 1.92. The summed E-state index contributed by atoms with van der Waals surface area (Å²) in [5.41, 5.74) is 0. The summed E-state index contributed by atoms with van der Waals surface area (Å²) >= 11 is 0. The lowest BCUT2D eigenvalue weighted by Crippen LogP contribution is -2.22. The van der Waals surface area contributed by atoms with Crippen LogP contribution in [0, 0.1) is 0 Å². The molecule has 1 atom stereocenters. The first-order valence-electron chi connectivity index (χ1n) is 5.27. The van der Waals surface area contributed by atoms with Gasteiger partial charge < -0.3 is 9.47 Å². The average molecular weight is 198 g/mol. The Bertz CT molecular complexity index is 171. The van der Waals surface area contributed by atoms with Crippen LogP contribution in [-0.2, 0) is 14.3 Å². The van der Waals surface area contributed by atoms with Gasteiger partial charge in [0.15, 0.2) is 6.29 Å². The summed E-state index contributed by atoms with van der Waals surface area (Å²) in [5.74, 6) is 0. The van der Waals surface area contributed by atoms with Gasteiger partial charge in [-0.1, -0.05) is 6.08 Å². The van der Waals surface area contributed by atoms with Crippen molar-refractivity contribution >= 4 is 6.29 Å². The number of carbonyl (C=O) groups is 1. The van der Waals surface area contributed by atoms with E-state index >= 15 is 0 Å². The van der Waals surface area contributed by atoms with Crippen molar-refractivity contribution in [1.82, 2.24) is 0 Å². The molecule has 0 bridgehead atoms. The Morgan fingerprint density at radius 3 is 3.07 bits per heavy atom. The van der Waals surface area contributed by atoms with E-state index in [0.717, 1.165) is 38.6 Å². The van der Waals surface area contributed by atoms with Gasteiger partial charge in [0.2, 0.25) is 0 Å². The normalized spacial score (nSPS) is 22.7. The molecule has 0 aliphatic carbocycles. The number of unbranched alkanes of at least 4 members (excludes halogenated alkanes) is 1. The van der Waals surface area contributed by atoms with Crippen LogP contribution in [0.15, 0.2) is 12.2 Å². The second-order valence-electron chi connectivity index (χ2n) is 3.37. The van der Waals surface area contributed by atoms with Crippen LogP contribution < -0.4 is 0 Å². The monoisotopic (exact) mass is 198 g/mol. The van der Waals surface area contributed by atoms with E-state index in [0.29, 0.717) is 6.61 Å². The largest absolute Gasteiger partial charge is 0.353 e. The van der Waals surface area contributed by atoms with Crippen LogP contribution in [0.3, 0.4) is 0 Å². The number of rotatable bonds is 6. The Labute approximate surface area is 85.1 Å². The zero-order valence-electron chi connectivity index (χ0n) is 8.48. The third-order valence-electron chi connectivity index (χ3n) is 2.17. The molecule has 1 rings (SSSR count). The Morgan fingerprint density at radius 2 is 2.36 bits per heavy atom. The zero-order chi connectivity index (χ0) is 10.1. The Morgan fingerprint density at radius 1 is 1.43 bits per heavy atom. The minimum Gasteiger partial charge on any atom is -0.353 e. The molecule has 0 N–H and O–H groups in total. The van der Waals surface area contributed by atoms with E-state index in [2.05, 4.69) is 0 Å². The SMILES string of the molecule is O=CC=CCCCOC1CCCCO1. The van der Waals surface area contributed by atoms with Gasteiger partial charge in [0.05, 0.1) is 6.61 Å². The molecule has 1 unspecified atom stereocenters. The second kappa shape index (κ2) is 7.71. The fourth-order valence-electron chi connectivity index (χ4n) is 1.41. The minimum absolute atomic E-state index is 0.0128. The summed E-state index contributed by atoms with van der Waals surface area (Å²) < 4.78 is 10.9. The third kappa shape index (κ3) is 5.14. The predicted molar refractivity (Wildman–Crippen MR) is 54.0 cm³/mol. The molecule has 0 amide bonds. The van der Waals surface area contributed by atoms with Crippen LogP contribution in [0.5, 0.6) is 0 Å². The molecule has 1 fully saturated rings. The first-order chi connectivity index (χ1) is 6.93. The van der Waals surface area contributed by atoms with Crippen molar-refractivity contribution < 1.29 is 14.3 Å². The molecule has 80 valence electrons. The van der Waals surface area contributed by atoms with E-state index in [1.165, 1.54) is 12.5 Å². The highest BCUT2D eigenvalue weighted by Crippen LogP contribution is 2.13. The molecule has 0 spiro atoms. The van der Waals surface area contributed by atoms with Crippen LogP contribution in [0.2, 0.25) is 0 Å². The second-order valence-corrected chi connectivity index (χ2v) is 3.37. The Kier molecular flexibility index (Phi) is 6.28. The van der Waals surface area contributed by atoms with Crippen LogP contribution in [-0.4, -0.2) is 25.8 Å². The average Bonchev–Trinajstić information content (AvgIpc) is 2.25. The molecular formula is C11H18O3. The lowest BCUT2D eigenvalue weighted by Gasteiger charge is -2.22. The van der Waals surface area contributed by atoms with E-state index in [-0.39, 0.29) is 6.29 Å². The van der Waals surface area contributed by atoms with Gasteiger partial charge in [-0.15, -0.1) is 0 Å². The fourth-order valence-corrected chi connectivity index (χ4v) is 1.41. The summed E-state index contributed by atoms with van der Waals surface area (Å²) in [6.07, 6.45) is 9.41. The van der Waals surface area contributed by atoms with Crippen molar-refractivity contribution in [1.29, 1.82) is 0 Å². The molecule has 1 aliphatic heterocycles. The minimum atomic E-state index is 0.0128. The fraction of sp³-hybridized carbons (Fsp3) is 0.727. The molecule has 1 aliphatic rings. The maximum Gasteiger partial charge on any atom is 0.157 e. The highest BCUT2D eigenvalue weighted by molar-refractivity contribution is 5.64. The molecule has 0 aromatic carbocycles. The molecule has 0 aromatic rings. The van der Waals surface area contributed by atoms with Gasteiger partial charge in [0.1, 0.15) is 6.29 Å². The number of carbonyl (C=O) groups excluding carboxylic acids is 1. The maximum atomic E-state index is 9.95. The van der Waals surface area contributed by atoms with Crippen molar-refractivity contribution in [3.05, 3.63) is 12.2 Å². The van der Waals surface area contributed by atoms with E-state index in [4.69, 9.17) is 9.47 Å². The number of aldehydes is 1. The molecule has 1 heterocycles. The predicted octanol–water partition coefficient (Wildman–Crippen LogP) is 2.06. The van der Waals surface area contributed by atoms with Gasteiger partial charge in [-0.3, -0.25) is 4.79 Å². The number of hydrogen-bond acceptors (Lipinski definition) is 3. The molecule has 0 radical (unpaired) electrons. The van der Waals surface area contributed by atoms with Gasteiger partial charge in [-0.2, -0.15) is 0 Å². The smallest absolute Gasteiger partial charge is 0.157 e. The topological polar surface area (TPSA) is 35.5 Å². The van der Waals surface area contributed by atoms with Gasteiger partial charge in [-0.25, -0.2) is 0 Å². The van der Waals surface area contributed by atoms with Gasteiger partial charge in [0.25, 0.3) is 0 Å². The van der Waals surface area contributed by atoms with E-state index < -0.39 is 0 Å². The highest BCUT2D eigenvalue weighted by Gasteiger charge is 2.12. The lowest BCUT2D eigenvalue weighted by molar-refractivity contribution is -0.162.